The third-order valence-corrected chi connectivity index (χ3v) is 5.98. The summed E-state index contributed by atoms with van der Waals surface area (Å²) in [6, 6.07) is 9.41. The molecule has 0 saturated carbocycles. The lowest BCUT2D eigenvalue weighted by Crippen LogP contribution is -2.36. The Hall–Kier alpha value is -2.71. The van der Waals surface area contributed by atoms with Gasteiger partial charge in [-0.05, 0) is 24.6 Å². The van der Waals surface area contributed by atoms with Crippen LogP contribution in [0.15, 0.2) is 48.7 Å². The zero-order valence-electron chi connectivity index (χ0n) is 16.2. The van der Waals surface area contributed by atoms with Crippen LogP contribution in [0.3, 0.4) is 0 Å². The van der Waals surface area contributed by atoms with Crippen LogP contribution in [-0.2, 0) is 0 Å². The number of fused-ring (bicyclic) bond motifs is 1. The minimum absolute atomic E-state index is 0.00481. The molecule has 3 aromatic rings. The molecule has 4 rings (SSSR count). The molecule has 0 unspecified atom stereocenters. The Balaban J connectivity index is 1.70. The van der Waals surface area contributed by atoms with Crippen LogP contribution in [0.2, 0.25) is 10.0 Å². The Morgan fingerprint density at radius 1 is 1.19 bits per heavy atom. The average molecular weight is 469 g/mol. The molecular weight excluding hydrogens is 452 g/mol. The maximum absolute atomic E-state index is 13.8. The second-order valence-electron chi connectivity index (χ2n) is 7.31. The number of amides is 1. The number of anilines is 2. The highest BCUT2D eigenvalue weighted by atomic mass is 35.5. The van der Waals surface area contributed by atoms with Crippen molar-refractivity contribution < 1.29 is 18.0 Å². The molecule has 0 bridgehead atoms. The Bertz CT molecular complexity index is 1130. The first-order valence-corrected chi connectivity index (χ1v) is 10.1. The van der Waals surface area contributed by atoms with E-state index in [0.29, 0.717) is 5.56 Å². The Morgan fingerprint density at radius 3 is 2.58 bits per heavy atom. The van der Waals surface area contributed by atoms with E-state index in [1.807, 2.05) is 19.1 Å². The highest BCUT2D eigenvalue weighted by Crippen LogP contribution is 2.44. The highest BCUT2D eigenvalue weighted by Gasteiger charge is 2.47. The molecule has 10 heteroatoms. The molecule has 0 aliphatic carbocycles. The predicted molar refractivity (Wildman–Crippen MR) is 114 cm³/mol. The Kier molecular flexibility index (Phi) is 5.61. The molecule has 0 radical (unpaired) electrons. The average Bonchev–Trinajstić information content (AvgIpc) is 3.14. The lowest BCUT2D eigenvalue weighted by atomic mass is 9.96. The van der Waals surface area contributed by atoms with Crippen molar-refractivity contribution >= 4 is 40.6 Å². The van der Waals surface area contributed by atoms with Crippen molar-refractivity contribution in [1.29, 1.82) is 0 Å². The van der Waals surface area contributed by atoms with Gasteiger partial charge in [-0.2, -0.15) is 18.3 Å². The smallest absolute Gasteiger partial charge is 0.363 e. The molecule has 1 aliphatic heterocycles. The molecule has 0 saturated heterocycles. The number of halogens is 5. The third kappa shape index (κ3) is 4.22. The summed E-state index contributed by atoms with van der Waals surface area (Å²) in [5.41, 5.74) is 1.91. The minimum atomic E-state index is -4.53. The molecule has 2 aromatic carbocycles. The van der Waals surface area contributed by atoms with Gasteiger partial charge in [0.2, 0.25) is 0 Å². The zero-order valence-corrected chi connectivity index (χ0v) is 17.7. The fraction of sp³-hybridized carbons (Fsp3) is 0.238. The van der Waals surface area contributed by atoms with Crippen LogP contribution in [0, 0.1) is 6.92 Å². The molecule has 2 N–H and O–H groups in total. The molecule has 1 aromatic heterocycles. The Labute approximate surface area is 186 Å². The van der Waals surface area contributed by atoms with Crippen molar-refractivity contribution in [3.63, 3.8) is 0 Å². The van der Waals surface area contributed by atoms with Crippen molar-refractivity contribution in [1.82, 2.24) is 9.78 Å². The number of nitrogens with one attached hydrogen (secondary N) is 2. The molecule has 2 heterocycles. The van der Waals surface area contributed by atoms with Gasteiger partial charge in [0.15, 0.2) is 6.04 Å². The highest BCUT2D eigenvalue weighted by molar-refractivity contribution is 6.44. The quantitative estimate of drug-likeness (QED) is 0.466. The van der Waals surface area contributed by atoms with Crippen LogP contribution in [0.4, 0.5) is 24.7 Å². The number of carbonyl (C=O) groups is 1. The van der Waals surface area contributed by atoms with E-state index in [2.05, 4.69) is 15.7 Å². The summed E-state index contributed by atoms with van der Waals surface area (Å²) in [7, 11) is 0. The maximum atomic E-state index is 13.8. The van der Waals surface area contributed by atoms with E-state index in [1.165, 1.54) is 0 Å². The topological polar surface area (TPSA) is 59.0 Å². The third-order valence-electron chi connectivity index (χ3n) is 5.16. The number of hydrogen-bond acceptors (Lipinski definition) is 3. The molecule has 1 aliphatic rings. The summed E-state index contributed by atoms with van der Waals surface area (Å²) in [6.07, 6.45) is -3.66. The molecule has 1 amide bonds. The van der Waals surface area contributed by atoms with Crippen LogP contribution in [0.1, 0.15) is 40.0 Å². The number of aromatic nitrogens is 2. The van der Waals surface area contributed by atoms with E-state index in [-0.39, 0.29) is 33.5 Å². The molecule has 2 atom stereocenters. The van der Waals surface area contributed by atoms with Crippen molar-refractivity contribution in [2.24, 2.45) is 0 Å². The SMILES string of the molecule is Cc1ccc([C@@H]2C[C@H](C(F)(F)F)n3ncc(C(=O)Nc4cccc(Cl)c4Cl)c3N2)cc1. The number of nitrogens with zero attached hydrogens (tertiary/aromatic N) is 2. The molecule has 0 spiro atoms. The van der Waals surface area contributed by atoms with Gasteiger partial charge in [0.1, 0.15) is 11.4 Å². The number of carbonyl (C=O) groups excluding carboxylic acids is 1. The zero-order chi connectivity index (χ0) is 22.3. The monoisotopic (exact) mass is 468 g/mol. The van der Waals surface area contributed by atoms with E-state index in [0.717, 1.165) is 16.4 Å². The van der Waals surface area contributed by atoms with Gasteiger partial charge in [-0.1, -0.05) is 59.1 Å². The standard InChI is InChI=1S/C21H17Cl2F3N4O/c1-11-5-7-12(8-6-11)16-9-17(21(24,25)26)30-19(28-16)13(10-27-30)20(31)29-15-4-2-3-14(22)18(15)23/h2-8,10,16-17,28H,9H2,1H3,(H,29,31)/t16-,17+/m0/s1. The lowest BCUT2D eigenvalue weighted by molar-refractivity contribution is -0.173. The second-order valence-corrected chi connectivity index (χ2v) is 8.09. The fourth-order valence-electron chi connectivity index (χ4n) is 3.54. The molecule has 0 fully saturated rings. The first-order valence-electron chi connectivity index (χ1n) is 9.38. The van der Waals surface area contributed by atoms with Crippen LogP contribution in [-0.4, -0.2) is 21.9 Å². The predicted octanol–water partition coefficient (Wildman–Crippen LogP) is 6.41. The molecular formula is C21H17Cl2F3N4O. The van der Waals surface area contributed by atoms with Gasteiger partial charge in [-0.15, -0.1) is 0 Å². The number of alkyl halides is 3. The van der Waals surface area contributed by atoms with Crippen molar-refractivity contribution in [3.8, 4) is 0 Å². The van der Waals surface area contributed by atoms with Crippen molar-refractivity contribution in [2.45, 2.75) is 31.6 Å². The number of hydrogen-bond donors (Lipinski definition) is 2. The van der Waals surface area contributed by atoms with Crippen LogP contribution in [0.25, 0.3) is 0 Å². The number of aryl methyl sites for hydroxylation is 1. The van der Waals surface area contributed by atoms with Gasteiger partial charge >= 0.3 is 6.18 Å². The first-order chi connectivity index (χ1) is 14.6. The summed E-state index contributed by atoms with van der Waals surface area (Å²) < 4.78 is 42.2. The van der Waals surface area contributed by atoms with Gasteiger partial charge in [0.25, 0.3) is 5.91 Å². The van der Waals surface area contributed by atoms with E-state index in [4.69, 9.17) is 23.2 Å². The molecule has 31 heavy (non-hydrogen) atoms. The molecule has 162 valence electrons. The van der Waals surface area contributed by atoms with Gasteiger partial charge in [-0.3, -0.25) is 4.79 Å². The summed E-state index contributed by atoms with van der Waals surface area (Å²) in [5.74, 6) is -0.654. The van der Waals surface area contributed by atoms with Crippen LogP contribution < -0.4 is 10.6 Å². The van der Waals surface area contributed by atoms with E-state index in [1.54, 1.807) is 30.3 Å². The second kappa shape index (κ2) is 8.09. The van der Waals surface area contributed by atoms with Gasteiger partial charge in [0, 0.05) is 6.42 Å². The summed E-state index contributed by atoms with van der Waals surface area (Å²) >= 11 is 12.1. The normalized spacial score (nSPS) is 18.3. The van der Waals surface area contributed by atoms with E-state index < -0.39 is 24.2 Å². The van der Waals surface area contributed by atoms with Gasteiger partial charge in [0.05, 0.1) is 28.0 Å². The minimum Gasteiger partial charge on any atom is -0.363 e. The largest absolute Gasteiger partial charge is 0.410 e. The van der Waals surface area contributed by atoms with Crippen LogP contribution >= 0.6 is 23.2 Å². The number of benzene rings is 2. The Morgan fingerprint density at radius 2 is 1.90 bits per heavy atom. The first kappa shape index (κ1) is 21.5. The molecule has 5 nitrogen and oxygen atoms in total. The van der Waals surface area contributed by atoms with E-state index in [9.17, 15) is 18.0 Å². The van der Waals surface area contributed by atoms with Gasteiger partial charge in [-0.25, -0.2) is 4.68 Å². The summed E-state index contributed by atoms with van der Waals surface area (Å²) in [6.45, 7) is 1.90. The number of rotatable bonds is 3. The fourth-order valence-corrected chi connectivity index (χ4v) is 3.88. The summed E-state index contributed by atoms with van der Waals surface area (Å²) in [4.78, 5) is 12.9. The van der Waals surface area contributed by atoms with Gasteiger partial charge < -0.3 is 10.6 Å². The van der Waals surface area contributed by atoms with Crippen molar-refractivity contribution in [3.05, 3.63) is 75.4 Å². The summed E-state index contributed by atoms with van der Waals surface area (Å²) in [5, 5.41) is 9.89. The maximum Gasteiger partial charge on any atom is 0.410 e. The lowest BCUT2D eigenvalue weighted by Gasteiger charge is -2.34. The van der Waals surface area contributed by atoms with Crippen molar-refractivity contribution in [2.75, 3.05) is 10.6 Å². The van der Waals surface area contributed by atoms with Crippen LogP contribution in [0.5, 0.6) is 0 Å². The van der Waals surface area contributed by atoms with E-state index >= 15 is 0 Å².